The largest absolute Gasteiger partial charge is 0.384 e. The Morgan fingerprint density at radius 3 is 1.90 bits per heavy atom. The van der Waals surface area contributed by atoms with E-state index in [0.29, 0.717) is 5.56 Å². The van der Waals surface area contributed by atoms with E-state index in [1.165, 1.54) is 0 Å². The van der Waals surface area contributed by atoms with Crippen LogP contribution in [0.2, 0.25) is 0 Å². The fourth-order valence-electron chi connectivity index (χ4n) is 2.01. The molecule has 20 heavy (non-hydrogen) atoms. The normalized spacial score (nSPS) is 13.0. The molecule has 1 N–H and O–H groups in total. The summed E-state index contributed by atoms with van der Waals surface area (Å²) in [5.74, 6) is -0.225. The maximum atomic E-state index is 12.2. The summed E-state index contributed by atoms with van der Waals surface area (Å²) >= 11 is 0. The summed E-state index contributed by atoms with van der Waals surface area (Å²) in [4.78, 5) is 12.2. The van der Waals surface area contributed by atoms with Crippen LogP contribution in [0, 0.1) is 5.41 Å². The highest BCUT2D eigenvalue weighted by atomic mass is 16.3. The number of carbonyl (C=O) groups is 1. The van der Waals surface area contributed by atoms with Gasteiger partial charge in [-0.1, -0.05) is 75.4 Å². The molecule has 1 atom stereocenters. The van der Waals surface area contributed by atoms with Crippen LogP contribution < -0.4 is 0 Å². The Balaban J connectivity index is 2.23. The number of carbonyl (C=O) groups excluding carboxylic acids is 1. The van der Waals surface area contributed by atoms with Crippen LogP contribution in [0.3, 0.4) is 0 Å². The van der Waals surface area contributed by atoms with Crippen LogP contribution in [0.25, 0.3) is 11.1 Å². The first-order valence-electron chi connectivity index (χ1n) is 6.77. The quantitative estimate of drug-likeness (QED) is 0.856. The number of ketones is 1. The van der Waals surface area contributed by atoms with Gasteiger partial charge < -0.3 is 5.11 Å². The highest BCUT2D eigenvalue weighted by molar-refractivity contribution is 6.00. The molecule has 0 aliphatic carbocycles. The van der Waals surface area contributed by atoms with Crippen molar-refractivity contribution in [3.05, 3.63) is 60.2 Å². The molecule has 2 aromatic carbocycles. The van der Waals surface area contributed by atoms with Crippen molar-refractivity contribution < 1.29 is 9.90 Å². The summed E-state index contributed by atoms with van der Waals surface area (Å²) in [6.07, 6.45) is -0.981. The molecule has 0 heterocycles. The number of hydrogen-bond acceptors (Lipinski definition) is 2. The molecule has 2 aromatic rings. The van der Waals surface area contributed by atoms with Crippen molar-refractivity contribution in [3.63, 3.8) is 0 Å². The monoisotopic (exact) mass is 268 g/mol. The molecular weight excluding hydrogens is 248 g/mol. The average Bonchev–Trinajstić information content (AvgIpc) is 2.46. The second kappa shape index (κ2) is 5.59. The van der Waals surface area contributed by atoms with Crippen LogP contribution in [0.1, 0.15) is 31.1 Å². The average molecular weight is 268 g/mol. The summed E-state index contributed by atoms with van der Waals surface area (Å²) in [7, 11) is 0. The summed E-state index contributed by atoms with van der Waals surface area (Å²) in [5.41, 5.74) is 2.28. The minimum atomic E-state index is -0.981. The number of hydrogen-bond donors (Lipinski definition) is 1. The molecule has 2 heteroatoms. The maximum Gasteiger partial charge on any atom is 0.191 e. The lowest BCUT2D eigenvalue weighted by molar-refractivity contribution is 0.0443. The van der Waals surface area contributed by atoms with E-state index in [9.17, 15) is 9.90 Å². The molecule has 104 valence electrons. The Morgan fingerprint density at radius 2 is 1.40 bits per heavy atom. The fraction of sp³-hybridized carbons (Fsp3) is 0.278. The summed E-state index contributed by atoms with van der Waals surface area (Å²) in [5, 5.41) is 10.0. The first-order chi connectivity index (χ1) is 9.39. The Hall–Kier alpha value is -1.93. The van der Waals surface area contributed by atoms with Crippen molar-refractivity contribution in [2.24, 2.45) is 5.41 Å². The lowest BCUT2D eigenvalue weighted by Gasteiger charge is -2.24. The van der Waals surface area contributed by atoms with Crippen LogP contribution in [0.4, 0.5) is 0 Å². The van der Waals surface area contributed by atoms with Gasteiger partial charge in [-0.25, -0.2) is 0 Å². The Morgan fingerprint density at radius 1 is 0.900 bits per heavy atom. The van der Waals surface area contributed by atoms with E-state index < -0.39 is 11.5 Å². The third-order valence-electron chi connectivity index (χ3n) is 3.35. The summed E-state index contributed by atoms with van der Waals surface area (Å²) < 4.78 is 0. The minimum Gasteiger partial charge on any atom is -0.384 e. The molecule has 2 rings (SSSR count). The predicted molar refractivity (Wildman–Crippen MR) is 81.7 cm³/mol. The van der Waals surface area contributed by atoms with E-state index >= 15 is 0 Å². The number of aliphatic hydroxyl groups excluding tert-OH is 1. The van der Waals surface area contributed by atoms with Crippen molar-refractivity contribution in [3.8, 4) is 11.1 Å². The molecule has 1 unspecified atom stereocenters. The van der Waals surface area contributed by atoms with E-state index in [1.807, 2.05) is 63.2 Å². The molecule has 0 spiro atoms. The molecule has 0 amide bonds. The van der Waals surface area contributed by atoms with Crippen LogP contribution >= 0.6 is 0 Å². The SMILES string of the molecule is CC(C)(C)C(O)C(=O)c1ccc(-c2ccccc2)cc1. The van der Waals surface area contributed by atoms with Crippen molar-refractivity contribution in [1.29, 1.82) is 0 Å². The molecule has 0 fully saturated rings. The second-order valence-corrected chi connectivity index (χ2v) is 6.08. The van der Waals surface area contributed by atoms with Gasteiger partial charge in [0.1, 0.15) is 6.10 Å². The van der Waals surface area contributed by atoms with Gasteiger partial charge in [-0.05, 0) is 16.5 Å². The van der Waals surface area contributed by atoms with Crippen molar-refractivity contribution >= 4 is 5.78 Å². The highest BCUT2D eigenvalue weighted by Gasteiger charge is 2.29. The minimum absolute atomic E-state index is 0.225. The van der Waals surface area contributed by atoms with Gasteiger partial charge in [0.15, 0.2) is 5.78 Å². The third kappa shape index (κ3) is 3.14. The summed E-state index contributed by atoms with van der Waals surface area (Å²) in [6, 6.07) is 17.4. The van der Waals surface area contributed by atoms with E-state index in [4.69, 9.17) is 0 Å². The van der Waals surface area contributed by atoms with E-state index in [-0.39, 0.29) is 5.78 Å². The fourth-order valence-corrected chi connectivity index (χ4v) is 2.01. The Bertz CT molecular complexity index is 577. The van der Waals surface area contributed by atoms with Gasteiger partial charge in [0, 0.05) is 5.56 Å². The van der Waals surface area contributed by atoms with Gasteiger partial charge in [-0.3, -0.25) is 4.79 Å². The molecule has 0 saturated carbocycles. The summed E-state index contributed by atoms with van der Waals surface area (Å²) in [6.45, 7) is 5.57. The van der Waals surface area contributed by atoms with Crippen molar-refractivity contribution in [2.75, 3.05) is 0 Å². The van der Waals surface area contributed by atoms with Crippen LogP contribution in [0.5, 0.6) is 0 Å². The zero-order valence-corrected chi connectivity index (χ0v) is 12.1. The van der Waals surface area contributed by atoms with Crippen molar-refractivity contribution in [1.82, 2.24) is 0 Å². The lowest BCUT2D eigenvalue weighted by atomic mass is 9.84. The topological polar surface area (TPSA) is 37.3 Å². The number of rotatable bonds is 3. The number of benzene rings is 2. The third-order valence-corrected chi connectivity index (χ3v) is 3.35. The van der Waals surface area contributed by atoms with Gasteiger partial charge in [-0.15, -0.1) is 0 Å². The molecule has 0 aliphatic heterocycles. The zero-order chi connectivity index (χ0) is 14.8. The molecular formula is C18H20O2. The van der Waals surface area contributed by atoms with Crippen LogP contribution in [-0.2, 0) is 0 Å². The van der Waals surface area contributed by atoms with Gasteiger partial charge in [-0.2, -0.15) is 0 Å². The molecule has 0 saturated heterocycles. The Kier molecular flexibility index (Phi) is 4.05. The zero-order valence-electron chi connectivity index (χ0n) is 12.1. The smallest absolute Gasteiger partial charge is 0.191 e. The molecule has 0 radical (unpaired) electrons. The molecule has 0 aliphatic rings. The van der Waals surface area contributed by atoms with Gasteiger partial charge >= 0.3 is 0 Å². The van der Waals surface area contributed by atoms with Crippen LogP contribution in [0.15, 0.2) is 54.6 Å². The molecule has 0 aromatic heterocycles. The van der Waals surface area contributed by atoms with Gasteiger partial charge in [0.05, 0.1) is 0 Å². The van der Waals surface area contributed by atoms with E-state index in [2.05, 4.69) is 0 Å². The lowest BCUT2D eigenvalue weighted by Crippen LogP contribution is -2.34. The molecule has 2 nitrogen and oxygen atoms in total. The Labute approximate surface area is 120 Å². The number of Topliss-reactive ketones (excluding diaryl/α,β-unsaturated/α-hetero) is 1. The second-order valence-electron chi connectivity index (χ2n) is 6.08. The molecule has 0 bridgehead atoms. The van der Waals surface area contributed by atoms with E-state index in [0.717, 1.165) is 11.1 Å². The van der Waals surface area contributed by atoms with Gasteiger partial charge in [0.25, 0.3) is 0 Å². The predicted octanol–water partition coefficient (Wildman–Crippen LogP) is 3.94. The number of aliphatic hydroxyl groups is 1. The highest BCUT2D eigenvalue weighted by Crippen LogP contribution is 2.24. The van der Waals surface area contributed by atoms with Crippen molar-refractivity contribution in [2.45, 2.75) is 26.9 Å². The maximum absolute atomic E-state index is 12.2. The van der Waals surface area contributed by atoms with Gasteiger partial charge in [0.2, 0.25) is 0 Å². The van der Waals surface area contributed by atoms with E-state index in [1.54, 1.807) is 12.1 Å². The standard InChI is InChI=1S/C18H20O2/c1-18(2,3)17(20)16(19)15-11-9-14(10-12-15)13-7-5-4-6-8-13/h4-12,17,20H,1-3H3. The first kappa shape index (κ1) is 14.5. The first-order valence-corrected chi connectivity index (χ1v) is 6.77. The van der Waals surface area contributed by atoms with Crippen LogP contribution in [-0.4, -0.2) is 17.0 Å².